The number of anilines is 2. The lowest BCUT2D eigenvalue weighted by atomic mass is 10.0. The number of benzene rings is 2. The Morgan fingerprint density at radius 1 is 1.10 bits per heavy atom. The van der Waals surface area contributed by atoms with Crippen LogP contribution in [-0.2, 0) is 17.9 Å². The lowest BCUT2D eigenvalue weighted by Crippen LogP contribution is -2.46. The van der Waals surface area contributed by atoms with Crippen LogP contribution >= 0.6 is 0 Å². The van der Waals surface area contributed by atoms with Crippen molar-refractivity contribution in [3.63, 3.8) is 0 Å². The van der Waals surface area contributed by atoms with Gasteiger partial charge in [0.15, 0.2) is 0 Å². The molecule has 206 valence electrons. The third kappa shape index (κ3) is 5.52. The first-order valence-electron chi connectivity index (χ1n) is 12.4. The molecule has 5 rings (SSSR count). The van der Waals surface area contributed by atoms with Crippen molar-refractivity contribution >= 4 is 28.4 Å². The third-order valence-electron chi connectivity index (χ3n) is 6.52. The van der Waals surface area contributed by atoms with Crippen molar-refractivity contribution in [2.75, 3.05) is 11.1 Å². The van der Waals surface area contributed by atoms with Crippen LogP contribution in [0.3, 0.4) is 0 Å². The molecule has 4 aromatic rings. The van der Waals surface area contributed by atoms with Crippen LogP contribution in [0.1, 0.15) is 12.5 Å². The average molecular weight is 552 g/mol. The van der Waals surface area contributed by atoms with Crippen molar-refractivity contribution in [1.29, 1.82) is 0 Å². The molecule has 2 aromatic carbocycles. The number of nitrogens with two attached hydrogens (primary N) is 1. The first kappa shape index (κ1) is 26.9. The highest BCUT2D eigenvalue weighted by atomic mass is 19.4. The van der Waals surface area contributed by atoms with Gasteiger partial charge in [0, 0.05) is 36.7 Å². The number of carbonyl (C=O) groups is 1. The number of rotatable bonds is 7. The van der Waals surface area contributed by atoms with Gasteiger partial charge in [0.1, 0.15) is 29.8 Å². The fourth-order valence-electron chi connectivity index (χ4n) is 4.45. The Kier molecular flexibility index (Phi) is 7.26. The molecule has 40 heavy (non-hydrogen) atoms. The molecule has 1 aliphatic rings. The molecule has 0 bridgehead atoms. The lowest BCUT2D eigenvalue weighted by molar-refractivity contribution is -0.113. The van der Waals surface area contributed by atoms with Gasteiger partial charge in [-0.25, -0.2) is 14.4 Å². The van der Waals surface area contributed by atoms with Crippen molar-refractivity contribution in [2.45, 2.75) is 32.4 Å². The van der Waals surface area contributed by atoms with Crippen LogP contribution in [0.4, 0.5) is 29.1 Å². The number of nitrogen functional groups attached to an aromatic ring is 1. The Bertz CT molecular complexity index is 1610. The van der Waals surface area contributed by atoms with Gasteiger partial charge in [-0.05, 0) is 48.4 Å². The molecule has 1 aliphatic heterocycles. The molecule has 0 saturated carbocycles. The highest BCUT2D eigenvalue weighted by Crippen LogP contribution is 2.33. The highest BCUT2D eigenvalue weighted by molar-refractivity contribution is 6.05. The molecule has 1 atom stereocenters. The van der Waals surface area contributed by atoms with Crippen LogP contribution in [0.2, 0.25) is 0 Å². The zero-order chi connectivity index (χ0) is 28.4. The summed E-state index contributed by atoms with van der Waals surface area (Å²) >= 11 is 0. The predicted molar refractivity (Wildman–Crippen MR) is 144 cm³/mol. The van der Waals surface area contributed by atoms with Gasteiger partial charge in [-0.15, -0.1) is 0 Å². The summed E-state index contributed by atoms with van der Waals surface area (Å²) in [6, 6.07) is 12.5. The van der Waals surface area contributed by atoms with E-state index in [9.17, 15) is 22.4 Å². The summed E-state index contributed by atoms with van der Waals surface area (Å²) in [5.41, 5.74) is 8.59. The number of allylic oxidation sites excluding steroid dienone is 2. The van der Waals surface area contributed by atoms with Gasteiger partial charge in [0.25, 0.3) is 5.91 Å². The van der Waals surface area contributed by atoms with Gasteiger partial charge in [-0.3, -0.25) is 10.1 Å². The quantitative estimate of drug-likeness (QED) is 0.244. The minimum absolute atomic E-state index is 0.168. The number of hydrogen-bond donors (Lipinski definition) is 4. The molecular weight excluding hydrogens is 526 g/mol. The minimum Gasteiger partial charge on any atom is -0.383 e. The van der Waals surface area contributed by atoms with Crippen molar-refractivity contribution in [1.82, 2.24) is 25.2 Å². The second-order valence-electron chi connectivity index (χ2n) is 9.12. The number of halogens is 4. The summed E-state index contributed by atoms with van der Waals surface area (Å²) < 4.78 is 55.4. The maximum absolute atomic E-state index is 13.4. The summed E-state index contributed by atoms with van der Waals surface area (Å²) in [6.45, 7) is 2.96. The minimum atomic E-state index is -4.65. The molecule has 0 radical (unpaired) electrons. The van der Waals surface area contributed by atoms with Gasteiger partial charge in [0.2, 0.25) is 0 Å². The Balaban J connectivity index is 1.33. The number of carbonyl (C=O) groups excluding carboxylic acids is 1. The van der Waals surface area contributed by atoms with Crippen LogP contribution in [0, 0.1) is 5.82 Å². The second-order valence-corrected chi connectivity index (χ2v) is 9.12. The Morgan fingerprint density at radius 2 is 1.82 bits per heavy atom. The van der Waals surface area contributed by atoms with E-state index in [2.05, 4.69) is 25.9 Å². The van der Waals surface area contributed by atoms with Gasteiger partial charge in [0.05, 0.1) is 16.5 Å². The van der Waals surface area contributed by atoms with E-state index in [4.69, 9.17) is 5.73 Å². The van der Waals surface area contributed by atoms with E-state index >= 15 is 0 Å². The van der Waals surface area contributed by atoms with Crippen molar-refractivity contribution in [3.8, 4) is 11.1 Å². The smallest absolute Gasteiger partial charge is 0.383 e. The van der Waals surface area contributed by atoms with E-state index in [0.717, 1.165) is 52.1 Å². The van der Waals surface area contributed by atoms with Crippen LogP contribution < -0.4 is 21.7 Å². The zero-order valence-corrected chi connectivity index (χ0v) is 21.3. The molecule has 1 unspecified atom stereocenters. The Labute approximate surface area is 226 Å². The van der Waals surface area contributed by atoms with Gasteiger partial charge < -0.3 is 20.9 Å². The molecule has 12 heteroatoms. The molecular formula is C28H25F4N7O. The predicted octanol–water partition coefficient (Wildman–Crippen LogP) is 4.87. The third-order valence-corrected chi connectivity index (χ3v) is 6.52. The number of hydrogen-bond acceptors (Lipinski definition) is 6. The molecule has 1 amide bonds. The number of nitrogens with zero attached hydrogens (tertiary/aromatic N) is 3. The molecule has 0 fully saturated rings. The van der Waals surface area contributed by atoms with E-state index < -0.39 is 29.6 Å². The number of amides is 1. The van der Waals surface area contributed by atoms with E-state index in [1.165, 1.54) is 18.5 Å². The van der Waals surface area contributed by atoms with Gasteiger partial charge in [-0.2, -0.15) is 13.2 Å². The first-order valence-corrected chi connectivity index (χ1v) is 12.4. The number of aryl methyl sites for hydroxylation is 1. The number of aromatic nitrogens is 3. The molecule has 0 aliphatic carbocycles. The van der Waals surface area contributed by atoms with E-state index in [0.29, 0.717) is 12.4 Å². The normalized spacial score (nSPS) is 15.4. The van der Waals surface area contributed by atoms with Crippen molar-refractivity contribution in [3.05, 3.63) is 95.9 Å². The van der Waals surface area contributed by atoms with Crippen LogP contribution in [0.15, 0.2) is 84.5 Å². The summed E-state index contributed by atoms with van der Waals surface area (Å²) in [7, 11) is 0. The largest absolute Gasteiger partial charge is 0.417 e. The standard InChI is InChI=1S/C28H25F4N7O/c1-2-39-14-22(23-24(33)36-15-37-26(23)39)17-5-3-16(4-6-17)12-34-25-21(11-18(13-35-25)28(30,31)32)27(40)38-20-9-7-19(29)8-10-20/h3-11,13-15,25,34-35H,2,12H2,1H3,(H,38,40)(H2,33,36,37). The molecule has 0 spiro atoms. The van der Waals surface area contributed by atoms with E-state index in [1.807, 2.05) is 42.0 Å². The summed E-state index contributed by atoms with van der Waals surface area (Å²) in [6.07, 6.45) is -0.541. The number of alkyl halides is 3. The molecule has 3 heterocycles. The van der Waals surface area contributed by atoms with E-state index in [1.54, 1.807) is 0 Å². The topological polar surface area (TPSA) is 110 Å². The molecule has 5 N–H and O–H groups in total. The van der Waals surface area contributed by atoms with Crippen LogP contribution in [-0.4, -0.2) is 32.8 Å². The van der Waals surface area contributed by atoms with Gasteiger partial charge >= 0.3 is 6.18 Å². The average Bonchev–Trinajstić information content (AvgIpc) is 3.33. The van der Waals surface area contributed by atoms with Gasteiger partial charge in [-0.1, -0.05) is 24.3 Å². The Morgan fingerprint density at radius 3 is 2.50 bits per heavy atom. The van der Waals surface area contributed by atoms with Crippen molar-refractivity contribution in [2.24, 2.45) is 0 Å². The van der Waals surface area contributed by atoms with E-state index in [-0.39, 0.29) is 17.8 Å². The molecule has 2 aromatic heterocycles. The van der Waals surface area contributed by atoms with Crippen LogP contribution in [0.25, 0.3) is 22.2 Å². The number of nitrogens with one attached hydrogen (secondary N) is 3. The maximum Gasteiger partial charge on any atom is 0.417 e. The number of dihydropyridines is 1. The molecule has 0 saturated heterocycles. The highest BCUT2D eigenvalue weighted by Gasteiger charge is 2.36. The summed E-state index contributed by atoms with van der Waals surface area (Å²) in [4.78, 5) is 21.4. The fourth-order valence-corrected chi connectivity index (χ4v) is 4.45. The fraction of sp³-hybridized carbons (Fsp3) is 0.179. The monoisotopic (exact) mass is 551 g/mol. The summed E-state index contributed by atoms with van der Waals surface area (Å²) in [5, 5.41) is 9.00. The molecule has 8 nitrogen and oxygen atoms in total. The zero-order valence-electron chi connectivity index (χ0n) is 21.3. The second kappa shape index (κ2) is 10.8. The maximum atomic E-state index is 13.4. The van der Waals surface area contributed by atoms with Crippen LogP contribution in [0.5, 0.6) is 0 Å². The van der Waals surface area contributed by atoms with Crippen molar-refractivity contribution < 1.29 is 22.4 Å². The SMILES string of the molecule is CCn1cc(-c2ccc(CNC3NC=C(C(F)(F)F)C=C3C(=O)Nc3ccc(F)cc3)cc2)c2c(N)ncnc21. The lowest BCUT2D eigenvalue weighted by Gasteiger charge is -2.27. The number of fused-ring (bicyclic) bond motifs is 1. The Hall–Kier alpha value is -4.71. The summed E-state index contributed by atoms with van der Waals surface area (Å²) in [5.74, 6) is -0.878. The first-order chi connectivity index (χ1) is 19.1.